The molecule has 1 saturated heterocycles. The normalized spacial score (nSPS) is 15.0. The molecule has 2 aromatic heterocycles. The van der Waals surface area contributed by atoms with Crippen LogP contribution in [0, 0.1) is 0 Å². The van der Waals surface area contributed by atoms with Crippen molar-refractivity contribution in [3.63, 3.8) is 0 Å². The van der Waals surface area contributed by atoms with Crippen molar-refractivity contribution in [1.82, 2.24) is 19.2 Å². The molecule has 7 nitrogen and oxygen atoms in total. The van der Waals surface area contributed by atoms with E-state index in [4.69, 9.17) is 9.47 Å². The molecule has 1 aromatic carbocycles. The number of pyridine rings is 1. The van der Waals surface area contributed by atoms with Crippen LogP contribution in [-0.4, -0.2) is 65.5 Å². The summed E-state index contributed by atoms with van der Waals surface area (Å²) >= 11 is 0. The van der Waals surface area contributed by atoms with Crippen LogP contribution in [-0.2, 0) is 6.54 Å². The first kappa shape index (κ1) is 18.3. The maximum Gasteiger partial charge on any atom is 0.257 e. The Morgan fingerprint density at radius 2 is 1.86 bits per heavy atom. The third kappa shape index (κ3) is 3.53. The Kier molecular flexibility index (Phi) is 5.16. The minimum Gasteiger partial charge on any atom is -0.493 e. The molecule has 0 bridgehead atoms. The van der Waals surface area contributed by atoms with Crippen LogP contribution in [0.3, 0.4) is 0 Å². The molecule has 1 aliphatic heterocycles. The summed E-state index contributed by atoms with van der Waals surface area (Å²) in [6, 6.07) is 11.4. The number of imidazole rings is 1. The van der Waals surface area contributed by atoms with Crippen molar-refractivity contribution in [2.75, 3.05) is 40.4 Å². The molecule has 7 heteroatoms. The van der Waals surface area contributed by atoms with Gasteiger partial charge in [0.25, 0.3) is 5.91 Å². The van der Waals surface area contributed by atoms with Crippen LogP contribution >= 0.6 is 0 Å². The zero-order valence-corrected chi connectivity index (χ0v) is 16.2. The van der Waals surface area contributed by atoms with Gasteiger partial charge in [0.15, 0.2) is 11.5 Å². The zero-order valence-electron chi connectivity index (χ0n) is 16.2. The van der Waals surface area contributed by atoms with Crippen LogP contribution in [0.4, 0.5) is 0 Å². The van der Waals surface area contributed by atoms with Gasteiger partial charge in [0, 0.05) is 45.1 Å². The average Bonchev–Trinajstić information content (AvgIpc) is 3.15. The lowest BCUT2D eigenvalue weighted by Crippen LogP contribution is -2.48. The third-order valence-corrected chi connectivity index (χ3v) is 5.09. The third-order valence-electron chi connectivity index (χ3n) is 5.09. The fourth-order valence-electron chi connectivity index (χ4n) is 3.63. The highest BCUT2D eigenvalue weighted by Crippen LogP contribution is 2.31. The lowest BCUT2D eigenvalue weighted by atomic mass is 10.1. The van der Waals surface area contributed by atoms with Crippen LogP contribution in [0.2, 0.25) is 0 Å². The molecular formula is C21H24N4O3. The first-order valence-electron chi connectivity index (χ1n) is 9.35. The number of methoxy groups -OCH3 is 2. The van der Waals surface area contributed by atoms with Gasteiger partial charge < -0.3 is 18.8 Å². The van der Waals surface area contributed by atoms with Gasteiger partial charge in [-0.05, 0) is 24.3 Å². The molecule has 4 rings (SSSR count). The van der Waals surface area contributed by atoms with Crippen LogP contribution in [0.1, 0.15) is 16.1 Å². The molecule has 0 N–H and O–H groups in total. The number of carbonyl (C=O) groups excluding carboxylic acids is 1. The fraction of sp³-hybridized carbons (Fsp3) is 0.333. The number of para-hydroxylation sites is 1. The number of ether oxygens (including phenoxy) is 2. The average molecular weight is 380 g/mol. The Morgan fingerprint density at radius 1 is 1.04 bits per heavy atom. The van der Waals surface area contributed by atoms with E-state index in [-0.39, 0.29) is 5.91 Å². The summed E-state index contributed by atoms with van der Waals surface area (Å²) in [6.07, 6.45) is 4.07. The van der Waals surface area contributed by atoms with Crippen LogP contribution < -0.4 is 9.47 Å². The number of aromatic nitrogens is 2. The van der Waals surface area contributed by atoms with Gasteiger partial charge in [0.05, 0.1) is 25.5 Å². The summed E-state index contributed by atoms with van der Waals surface area (Å²) in [7, 11) is 3.13. The molecule has 3 heterocycles. The number of piperazine rings is 1. The van der Waals surface area contributed by atoms with E-state index in [0.29, 0.717) is 30.2 Å². The topological polar surface area (TPSA) is 59.3 Å². The SMILES string of the molecule is COc1cccc(C(=O)N2CCN(Cc3cn4ccccc4n3)CC2)c1OC. The van der Waals surface area contributed by atoms with Crippen LogP contribution in [0.5, 0.6) is 11.5 Å². The van der Waals surface area contributed by atoms with Crippen LogP contribution in [0.15, 0.2) is 48.8 Å². The van der Waals surface area contributed by atoms with E-state index in [1.807, 2.05) is 39.8 Å². The molecule has 0 aliphatic carbocycles. The van der Waals surface area contributed by atoms with Crippen molar-refractivity contribution in [1.29, 1.82) is 0 Å². The second kappa shape index (κ2) is 7.90. The molecule has 3 aromatic rings. The lowest BCUT2D eigenvalue weighted by molar-refractivity contribution is 0.0623. The molecule has 0 spiro atoms. The lowest BCUT2D eigenvalue weighted by Gasteiger charge is -2.34. The van der Waals surface area contributed by atoms with Gasteiger partial charge >= 0.3 is 0 Å². The zero-order chi connectivity index (χ0) is 19.5. The first-order chi connectivity index (χ1) is 13.7. The highest BCUT2D eigenvalue weighted by atomic mass is 16.5. The number of amides is 1. The molecule has 146 valence electrons. The molecule has 0 radical (unpaired) electrons. The van der Waals surface area contributed by atoms with Crippen molar-refractivity contribution in [3.05, 3.63) is 60.0 Å². The number of hydrogen-bond donors (Lipinski definition) is 0. The summed E-state index contributed by atoms with van der Waals surface area (Å²) in [6.45, 7) is 3.75. The monoisotopic (exact) mass is 380 g/mol. The molecule has 0 saturated carbocycles. The molecule has 28 heavy (non-hydrogen) atoms. The maximum atomic E-state index is 13.0. The number of carbonyl (C=O) groups is 1. The van der Waals surface area contributed by atoms with Gasteiger partial charge in [0.2, 0.25) is 0 Å². The van der Waals surface area contributed by atoms with Gasteiger partial charge in [-0.3, -0.25) is 9.69 Å². The van der Waals surface area contributed by atoms with E-state index in [2.05, 4.69) is 16.1 Å². The Balaban J connectivity index is 1.40. The molecule has 1 fully saturated rings. The van der Waals surface area contributed by atoms with Gasteiger partial charge in [-0.25, -0.2) is 4.98 Å². The second-order valence-electron chi connectivity index (χ2n) is 6.81. The second-order valence-corrected chi connectivity index (χ2v) is 6.81. The standard InChI is InChI=1S/C21H24N4O3/c1-27-18-7-5-6-17(20(18)28-2)21(26)24-12-10-23(11-13-24)14-16-15-25-9-4-3-8-19(25)22-16/h3-9,15H,10-14H2,1-2H3. The van der Waals surface area contributed by atoms with E-state index in [1.165, 1.54) is 0 Å². The predicted molar refractivity (Wildman–Crippen MR) is 106 cm³/mol. The quantitative estimate of drug-likeness (QED) is 0.680. The summed E-state index contributed by atoms with van der Waals surface area (Å²) in [4.78, 5) is 21.8. The van der Waals surface area contributed by atoms with Crippen molar-refractivity contribution in [3.8, 4) is 11.5 Å². The Hall–Kier alpha value is -3.06. The predicted octanol–water partition coefficient (Wildman–Crippen LogP) is 2.31. The Labute approximate surface area is 164 Å². The number of benzene rings is 1. The summed E-state index contributed by atoms with van der Waals surface area (Å²) in [5.41, 5.74) is 2.53. The van der Waals surface area contributed by atoms with E-state index < -0.39 is 0 Å². The summed E-state index contributed by atoms with van der Waals surface area (Å²) in [5.74, 6) is 1.03. The number of fused-ring (bicyclic) bond motifs is 1. The smallest absolute Gasteiger partial charge is 0.257 e. The maximum absolute atomic E-state index is 13.0. The molecule has 1 aliphatic rings. The molecule has 0 unspecified atom stereocenters. The van der Waals surface area contributed by atoms with Gasteiger partial charge in [0.1, 0.15) is 5.65 Å². The van der Waals surface area contributed by atoms with E-state index in [9.17, 15) is 4.79 Å². The van der Waals surface area contributed by atoms with Crippen molar-refractivity contribution in [2.24, 2.45) is 0 Å². The van der Waals surface area contributed by atoms with Crippen molar-refractivity contribution in [2.45, 2.75) is 6.54 Å². The number of hydrogen-bond acceptors (Lipinski definition) is 5. The summed E-state index contributed by atoms with van der Waals surface area (Å²) < 4.78 is 12.8. The van der Waals surface area contributed by atoms with Gasteiger partial charge in [-0.15, -0.1) is 0 Å². The fourth-order valence-corrected chi connectivity index (χ4v) is 3.63. The Bertz CT molecular complexity index is 944. The van der Waals surface area contributed by atoms with Crippen molar-refractivity contribution < 1.29 is 14.3 Å². The van der Waals surface area contributed by atoms with E-state index in [1.54, 1.807) is 26.4 Å². The van der Waals surface area contributed by atoms with Crippen molar-refractivity contribution >= 4 is 11.6 Å². The van der Waals surface area contributed by atoms with Gasteiger partial charge in [-0.1, -0.05) is 12.1 Å². The molecule has 1 amide bonds. The minimum atomic E-state index is -0.0249. The highest BCUT2D eigenvalue weighted by molar-refractivity contribution is 5.97. The van der Waals surface area contributed by atoms with Gasteiger partial charge in [-0.2, -0.15) is 0 Å². The Morgan fingerprint density at radius 3 is 2.57 bits per heavy atom. The molecular weight excluding hydrogens is 356 g/mol. The highest BCUT2D eigenvalue weighted by Gasteiger charge is 2.26. The first-order valence-corrected chi connectivity index (χ1v) is 9.35. The van der Waals surface area contributed by atoms with E-state index in [0.717, 1.165) is 31.0 Å². The number of rotatable bonds is 5. The van der Waals surface area contributed by atoms with Crippen LogP contribution in [0.25, 0.3) is 5.65 Å². The summed E-state index contributed by atoms with van der Waals surface area (Å²) in [5, 5.41) is 0. The van der Waals surface area contributed by atoms with E-state index >= 15 is 0 Å². The largest absolute Gasteiger partial charge is 0.493 e. The minimum absolute atomic E-state index is 0.0249. The number of nitrogens with zero attached hydrogens (tertiary/aromatic N) is 4. The molecule has 0 atom stereocenters.